The van der Waals surface area contributed by atoms with Crippen molar-refractivity contribution in [3.8, 4) is 0 Å². The number of aliphatic hydroxyl groups excluding tert-OH is 1. The number of carbonyl (C=O) groups excluding carboxylic acids is 2. The van der Waals surface area contributed by atoms with Crippen molar-refractivity contribution in [3.63, 3.8) is 0 Å². The monoisotopic (exact) mass is 532 g/mol. The van der Waals surface area contributed by atoms with Crippen LogP contribution in [-0.2, 0) is 18.0 Å². The molecule has 3 heterocycles. The van der Waals surface area contributed by atoms with Crippen LogP contribution in [0.5, 0.6) is 0 Å². The van der Waals surface area contributed by atoms with Crippen LogP contribution in [0.25, 0.3) is 21.3 Å². The Balaban J connectivity index is 1.29. The Morgan fingerprint density at radius 3 is 2.59 bits per heavy atom. The summed E-state index contributed by atoms with van der Waals surface area (Å²) in [4.78, 5) is 35.5. The highest BCUT2D eigenvalue weighted by atomic mass is 32.1. The van der Waals surface area contributed by atoms with Crippen LogP contribution in [0.15, 0.2) is 36.4 Å². The fourth-order valence-electron chi connectivity index (χ4n) is 4.19. The van der Waals surface area contributed by atoms with Gasteiger partial charge in [0.2, 0.25) is 11.9 Å². The van der Waals surface area contributed by atoms with Gasteiger partial charge in [-0.25, -0.2) is 9.97 Å². The summed E-state index contributed by atoms with van der Waals surface area (Å²) in [5.74, 6) is -0.215. The number of hydrogen-bond donors (Lipinski definition) is 3. The molecule has 2 aromatic heterocycles. The van der Waals surface area contributed by atoms with E-state index in [0.717, 1.165) is 29.0 Å². The molecule has 13 heteroatoms. The number of nitrogens with one attached hydrogen (secondary N) is 2. The molecule has 37 heavy (non-hydrogen) atoms. The number of aliphatic hydroxyl groups is 1. The number of carbonyl (C=O) groups is 2. The number of fused-ring (bicyclic) bond motifs is 2. The first-order valence-corrected chi connectivity index (χ1v) is 12.4. The maximum Gasteiger partial charge on any atom is 0.416 e. The zero-order chi connectivity index (χ0) is 26.3. The minimum absolute atomic E-state index is 0.143. The fraction of sp³-hybridized carbons (Fsp3) is 0.333. The first-order valence-electron chi connectivity index (χ1n) is 11.5. The highest BCUT2D eigenvalue weighted by Gasteiger charge is 2.31. The summed E-state index contributed by atoms with van der Waals surface area (Å²) in [6.07, 6.45) is -3.77. The SMILES string of the molecule is Cn1c(Nc2nc3ccc(C(F)(F)F)cc3s2)nc2cc(C(=O)NCC(=O)N3CCC(O)CC3)ccc21. The number of aryl methyl sites for hydroxylation is 1. The number of alkyl halides is 3. The third-order valence-electron chi connectivity index (χ3n) is 6.29. The third-order valence-corrected chi connectivity index (χ3v) is 7.23. The van der Waals surface area contributed by atoms with Crippen molar-refractivity contribution in [2.24, 2.45) is 7.05 Å². The molecule has 3 N–H and O–H groups in total. The zero-order valence-corrected chi connectivity index (χ0v) is 20.5. The van der Waals surface area contributed by atoms with E-state index in [9.17, 15) is 27.9 Å². The molecular weight excluding hydrogens is 509 g/mol. The molecule has 194 valence electrons. The van der Waals surface area contributed by atoms with E-state index in [4.69, 9.17) is 0 Å². The van der Waals surface area contributed by atoms with E-state index in [0.29, 0.717) is 58.3 Å². The van der Waals surface area contributed by atoms with Crippen molar-refractivity contribution < 1.29 is 27.9 Å². The molecule has 0 bridgehead atoms. The predicted molar refractivity (Wildman–Crippen MR) is 133 cm³/mol. The average Bonchev–Trinajstić information content (AvgIpc) is 3.41. The lowest BCUT2D eigenvalue weighted by molar-refractivity contribution is -0.137. The quantitative estimate of drug-likeness (QED) is 0.362. The summed E-state index contributed by atoms with van der Waals surface area (Å²) in [7, 11) is 1.76. The van der Waals surface area contributed by atoms with Gasteiger partial charge in [-0.1, -0.05) is 11.3 Å². The molecule has 0 saturated carbocycles. The molecule has 2 aromatic carbocycles. The molecule has 2 amide bonds. The molecule has 9 nitrogen and oxygen atoms in total. The number of aromatic nitrogens is 3. The largest absolute Gasteiger partial charge is 0.416 e. The van der Waals surface area contributed by atoms with E-state index in [2.05, 4.69) is 20.6 Å². The van der Waals surface area contributed by atoms with Crippen LogP contribution in [0.3, 0.4) is 0 Å². The second kappa shape index (κ2) is 9.63. The Kier molecular flexibility index (Phi) is 6.50. The van der Waals surface area contributed by atoms with Gasteiger partial charge < -0.3 is 25.2 Å². The van der Waals surface area contributed by atoms with Crippen LogP contribution in [-0.4, -0.2) is 62.1 Å². The Hall–Kier alpha value is -3.71. The first kappa shape index (κ1) is 25.0. The molecule has 0 radical (unpaired) electrons. The first-order chi connectivity index (χ1) is 17.6. The van der Waals surface area contributed by atoms with Crippen LogP contribution >= 0.6 is 11.3 Å². The Morgan fingerprint density at radius 1 is 1.11 bits per heavy atom. The van der Waals surface area contributed by atoms with E-state index < -0.39 is 17.6 Å². The van der Waals surface area contributed by atoms with Gasteiger partial charge in [0.25, 0.3) is 5.91 Å². The van der Waals surface area contributed by atoms with E-state index in [1.54, 1.807) is 34.7 Å². The fourth-order valence-corrected chi connectivity index (χ4v) is 5.09. The van der Waals surface area contributed by atoms with Gasteiger partial charge in [0, 0.05) is 25.7 Å². The van der Waals surface area contributed by atoms with Gasteiger partial charge in [0.1, 0.15) is 0 Å². The molecule has 1 aliphatic rings. The summed E-state index contributed by atoms with van der Waals surface area (Å²) < 4.78 is 41.2. The number of nitrogens with zero attached hydrogens (tertiary/aromatic N) is 4. The number of imidazole rings is 1. The summed E-state index contributed by atoms with van der Waals surface area (Å²) in [5, 5.41) is 15.6. The summed E-state index contributed by atoms with van der Waals surface area (Å²) >= 11 is 1.08. The lowest BCUT2D eigenvalue weighted by atomic mass is 10.1. The average molecular weight is 533 g/mol. The Bertz CT molecular complexity index is 1490. The van der Waals surface area contributed by atoms with Gasteiger partial charge in [-0.15, -0.1) is 0 Å². The van der Waals surface area contributed by atoms with Crippen molar-refractivity contribution in [3.05, 3.63) is 47.5 Å². The number of thiazole rings is 1. The highest BCUT2D eigenvalue weighted by molar-refractivity contribution is 7.22. The molecule has 1 fully saturated rings. The number of amides is 2. The molecule has 1 saturated heterocycles. The number of piperidine rings is 1. The molecule has 0 unspecified atom stereocenters. The number of hydrogen-bond acceptors (Lipinski definition) is 7. The summed E-state index contributed by atoms with van der Waals surface area (Å²) in [6.45, 7) is 0.781. The third kappa shape index (κ3) is 5.23. The lowest BCUT2D eigenvalue weighted by Crippen LogP contribution is -2.45. The number of halogens is 3. The van der Waals surface area contributed by atoms with Gasteiger partial charge in [-0.05, 0) is 49.2 Å². The van der Waals surface area contributed by atoms with Crippen molar-refractivity contribution >= 4 is 55.5 Å². The Morgan fingerprint density at radius 2 is 1.86 bits per heavy atom. The van der Waals surface area contributed by atoms with Crippen molar-refractivity contribution in [1.29, 1.82) is 0 Å². The molecule has 5 rings (SSSR count). The number of anilines is 2. The minimum Gasteiger partial charge on any atom is -0.393 e. The van der Waals surface area contributed by atoms with E-state index in [-0.39, 0.29) is 18.6 Å². The smallest absolute Gasteiger partial charge is 0.393 e. The van der Waals surface area contributed by atoms with Crippen LogP contribution < -0.4 is 10.6 Å². The second-order valence-corrected chi connectivity index (χ2v) is 9.85. The van der Waals surface area contributed by atoms with Crippen LogP contribution in [0, 0.1) is 0 Å². The summed E-state index contributed by atoms with van der Waals surface area (Å²) in [6, 6.07) is 8.35. The van der Waals surface area contributed by atoms with E-state index >= 15 is 0 Å². The lowest BCUT2D eigenvalue weighted by Gasteiger charge is -2.29. The van der Waals surface area contributed by atoms with Gasteiger partial charge in [0.05, 0.1) is 39.5 Å². The molecule has 1 aliphatic heterocycles. The number of likely N-dealkylation sites (tertiary alicyclic amines) is 1. The maximum absolute atomic E-state index is 13.0. The number of rotatable bonds is 5. The van der Waals surface area contributed by atoms with Crippen molar-refractivity contribution in [2.75, 3.05) is 25.0 Å². The normalized spacial score (nSPS) is 14.9. The highest BCUT2D eigenvalue weighted by Crippen LogP contribution is 2.35. The summed E-state index contributed by atoms with van der Waals surface area (Å²) in [5.41, 5.74) is 1.28. The Labute approximate surface area is 212 Å². The second-order valence-electron chi connectivity index (χ2n) is 8.82. The molecule has 4 aromatic rings. The van der Waals surface area contributed by atoms with E-state index in [1.165, 1.54) is 6.07 Å². The maximum atomic E-state index is 13.0. The van der Waals surface area contributed by atoms with Gasteiger partial charge >= 0.3 is 6.18 Å². The van der Waals surface area contributed by atoms with Gasteiger partial charge in [-0.3, -0.25) is 9.59 Å². The minimum atomic E-state index is -4.43. The van der Waals surface area contributed by atoms with E-state index in [1.807, 2.05) is 0 Å². The zero-order valence-electron chi connectivity index (χ0n) is 19.7. The van der Waals surface area contributed by atoms with Crippen LogP contribution in [0.4, 0.5) is 24.3 Å². The van der Waals surface area contributed by atoms with Crippen molar-refractivity contribution in [2.45, 2.75) is 25.1 Å². The topological polar surface area (TPSA) is 112 Å². The molecular formula is C24H23F3N6O3S. The van der Waals surface area contributed by atoms with Crippen molar-refractivity contribution in [1.82, 2.24) is 24.8 Å². The molecule has 0 spiro atoms. The van der Waals surface area contributed by atoms with Crippen LogP contribution in [0.2, 0.25) is 0 Å². The standard InChI is InChI=1S/C24H23F3N6O3S/c1-32-18-5-2-13(21(36)28-12-20(35)33-8-6-15(34)7-9-33)10-17(18)29-22(32)31-23-30-16-4-3-14(24(25,26)27)11-19(16)37-23/h2-5,10-11,15,34H,6-9,12H2,1H3,(H,28,36)(H,29,30,31). The molecule has 0 aliphatic carbocycles. The van der Waals surface area contributed by atoms with Gasteiger partial charge in [0.15, 0.2) is 5.13 Å². The number of benzene rings is 2. The predicted octanol–water partition coefficient (Wildman–Crippen LogP) is 3.66. The molecule has 0 atom stereocenters. The van der Waals surface area contributed by atoms with Gasteiger partial charge in [-0.2, -0.15) is 13.2 Å². The van der Waals surface area contributed by atoms with Crippen LogP contribution in [0.1, 0.15) is 28.8 Å².